The van der Waals surface area contributed by atoms with Gasteiger partial charge in [0.15, 0.2) is 0 Å². The molecule has 0 saturated carbocycles. The second-order valence-corrected chi connectivity index (χ2v) is 27.1. The standard InChI is InChI=1S/C77H155NO3/c79-76-72-68-66-64-62-60-58-56-54-52-50-48-46-44-42-40-38-36-34-32-30-28-26-24-22-20-18-16-14-12-10-8-6-4-2-1-3-5-7-9-11-13-15-17-19-21-23-25-27-29-31-33-35-37-39-41-43-45-47-49-51-53-55-57-59-61-63-65-67-70-74-78-75-71-69-73-77(80)81/h78-79H,1-76H2,(H,80,81). The minimum Gasteiger partial charge on any atom is -0.481 e. The van der Waals surface area contributed by atoms with Crippen molar-refractivity contribution in [3.8, 4) is 0 Å². The van der Waals surface area contributed by atoms with Crippen molar-refractivity contribution in [3.63, 3.8) is 0 Å². The molecule has 0 radical (unpaired) electrons. The van der Waals surface area contributed by atoms with Crippen molar-refractivity contribution in [2.24, 2.45) is 0 Å². The van der Waals surface area contributed by atoms with Crippen LogP contribution in [0.2, 0.25) is 0 Å². The predicted molar refractivity (Wildman–Crippen MR) is 365 cm³/mol. The Labute approximate surface area is 512 Å². The van der Waals surface area contributed by atoms with Gasteiger partial charge in [-0.3, -0.25) is 4.79 Å². The summed E-state index contributed by atoms with van der Waals surface area (Å²) in [5.41, 5.74) is 0. The molecular weight excluding hydrogens is 987 g/mol. The van der Waals surface area contributed by atoms with Crippen molar-refractivity contribution in [1.29, 1.82) is 0 Å². The van der Waals surface area contributed by atoms with Crippen LogP contribution in [0.15, 0.2) is 0 Å². The molecule has 0 aliphatic heterocycles. The Bertz CT molecular complexity index is 1080. The normalized spacial score (nSPS) is 11.7. The molecule has 0 unspecified atom stereocenters. The Balaban J connectivity index is 3.08. The van der Waals surface area contributed by atoms with Gasteiger partial charge in [0, 0.05) is 13.0 Å². The molecular formula is C77H155NO3. The highest BCUT2D eigenvalue weighted by atomic mass is 16.4. The molecule has 0 fully saturated rings. The molecule has 486 valence electrons. The lowest BCUT2D eigenvalue weighted by atomic mass is 10.0. The van der Waals surface area contributed by atoms with Crippen LogP contribution in [0.25, 0.3) is 0 Å². The van der Waals surface area contributed by atoms with Gasteiger partial charge in [-0.25, -0.2) is 0 Å². The molecule has 4 heteroatoms. The smallest absolute Gasteiger partial charge is 0.303 e. The van der Waals surface area contributed by atoms with Gasteiger partial charge in [-0.15, -0.1) is 0 Å². The third-order valence-electron chi connectivity index (χ3n) is 18.8. The monoisotopic (exact) mass is 1140 g/mol. The average molecular weight is 1140 g/mol. The third-order valence-corrected chi connectivity index (χ3v) is 18.8. The molecule has 81 heavy (non-hydrogen) atoms. The fraction of sp³-hybridized carbons (Fsp3) is 0.987. The molecule has 0 aliphatic rings. The van der Waals surface area contributed by atoms with Gasteiger partial charge in [0.05, 0.1) is 0 Å². The van der Waals surface area contributed by atoms with Gasteiger partial charge in [-0.2, -0.15) is 0 Å². The van der Waals surface area contributed by atoms with E-state index in [1.165, 1.54) is 443 Å². The van der Waals surface area contributed by atoms with E-state index in [0.717, 1.165) is 32.4 Å². The molecule has 0 bridgehead atoms. The van der Waals surface area contributed by atoms with Crippen LogP contribution in [0.3, 0.4) is 0 Å². The van der Waals surface area contributed by atoms with Gasteiger partial charge >= 0.3 is 5.97 Å². The number of aliphatic hydroxyl groups excluding tert-OH is 1. The van der Waals surface area contributed by atoms with Crippen LogP contribution in [0.4, 0.5) is 0 Å². The number of hydrogen-bond donors (Lipinski definition) is 3. The third kappa shape index (κ3) is 79.4. The number of carboxylic acid groups (broad SMARTS) is 1. The predicted octanol–water partition coefficient (Wildman–Crippen LogP) is 27.1. The first-order valence-electron chi connectivity index (χ1n) is 38.8. The number of hydrogen-bond acceptors (Lipinski definition) is 3. The van der Waals surface area contributed by atoms with Gasteiger partial charge in [0.1, 0.15) is 0 Å². The Morgan fingerprint density at radius 3 is 0.407 bits per heavy atom. The van der Waals surface area contributed by atoms with Crippen molar-refractivity contribution >= 4 is 5.97 Å². The Kier molecular flexibility index (Phi) is 76.8. The van der Waals surface area contributed by atoms with E-state index in [0.29, 0.717) is 13.0 Å². The van der Waals surface area contributed by atoms with E-state index >= 15 is 0 Å². The summed E-state index contributed by atoms with van der Waals surface area (Å²) in [5.74, 6) is -0.673. The van der Waals surface area contributed by atoms with Crippen LogP contribution in [-0.2, 0) is 4.79 Å². The molecule has 0 saturated heterocycles. The average Bonchev–Trinajstić information content (AvgIpc) is 3.47. The van der Waals surface area contributed by atoms with Gasteiger partial charge in [-0.05, 0) is 38.8 Å². The van der Waals surface area contributed by atoms with Gasteiger partial charge < -0.3 is 15.5 Å². The van der Waals surface area contributed by atoms with Gasteiger partial charge in [-0.1, -0.05) is 437 Å². The number of rotatable bonds is 77. The first-order chi connectivity index (χ1) is 40.3. The van der Waals surface area contributed by atoms with E-state index in [2.05, 4.69) is 5.32 Å². The zero-order valence-electron chi connectivity index (χ0n) is 56.0. The van der Waals surface area contributed by atoms with Crippen LogP contribution in [-0.4, -0.2) is 35.9 Å². The van der Waals surface area contributed by atoms with Crippen molar-refractivity contribution < 1.29 is 15.0 Å². The summed E-state index contributed by atoms with van der Waals surface area (Å²) >= 11 is 0. The molecule has 0 aromatic heterocycles. The molecule has 0 aromatic carbocycles. The molecule has 0 aliphatic carbocycles. The second-order valence-electron chi connectivity index (χ2n) is 27.1. The van der Waals surface area contributed by atoms with E-state index in [9.17, 15) is 4.79 Å². The second kappa shape index (κ2) is 77.4. The summed E-state index contributed by atoms with van der Waals surface area (Å²) in [4.78, 5) is 10.5. The van der Waals surface area contributed by atoms with Crippen molar-refractivity contribution in [2.45, 2.75) is 469 Å². The van der Waals surface area contributed by atoms with Crippen molar-refractivity contribution in [2.75, 3.05) is 19.7 Å². The number of aliphatic hydroxyl groups is 1. The van der Waals surface area contributed by atoms with Crippen molar-refractivity contribution in [1.82, 2.24) is 5.32 Å². The lowest BCUT2D eigenvalue weighted by Crippen LogP contribution is -2.16. The molecule has 0 spiro atoms. The summed E-state index contributed by atoms with van der Waals surface area (Å²) in [6, 6.07) is 0. The minimum atomic E-state index is -0.673. The maximum absolute atomic E-state index is 10.5. The fourth-order valence-electron chi connectivity index (χ4n) is 13.0. The maximum Gasteiger partial charge on any atom is 0.303 e. The molecule has 0 amide bonds. The zero-order valence-corrected chi connectivity index (χ0v) is 56.0. The van der Waals surface area contributed by atoms with Gasteiger partial charge in [0.2, 0.25) is 0 Å². The molecule has 0 aromatic rings. The Hall–Kier alpha value is -0.610. The SMILES string of the molecule is O=C(O)CCCCNCCCCCCCCCCCCCCCCCCCCCCCCCCCCCCCCCCCCCCCCCCCCCCCCCCCCCCCCCCCCCCCCCCCCCCCCO. The van der Waals surface area contributed by atoms with Crippen LogP contribution in [0.1, 0.15) is 469 Å². The van der Waals surface area contributed by atoms with E-state index in [4.69, 9.17) is 10.2 Å². The van der Waals surface area contributed by atoms with Gasteiger partial charge in [0.25, 0.3) is 0 Å². The fourth-order valence-corrected chi connectivity index (χ4v) is 13.0. The van der Waals surface area contributed by atoms with Crippen LogP contribution < -0.4 is 5.32 Å². The largest absolute Gasteiger partial charge is 0.481 e. The zero-order chi connectivity index (χ0) is 58.0. The quantitative estimate of drug-likeness (QED) is 0.0531. The molecule has 0 rings (SSSR count). The summed E-state index contributed by atoms with van der Waals surface area (Å²) in [5, 5.41) is 21.0. The molecule has 3 N–H and O–H groups in total. The number of aliphatic carboxylic acids is 1. The highest BCUT2D eigenvalue weighted by Crippen LogP contribution is 2.21. The number of carbonyl (C=O) groups is 1. The number of unbranched alkanes of at least 4 members (excludes halogenated alkanes) is 70. The Morgan fingerprint density at radius 1 is 0.173 bits per heavy atom. The first kappa shape index (κ1) is 80.4. The number of nitrogens with one attached hydrogen (secondary N) is 1. The van der Waals surface area contributed by atoms with E-state index in [1.54, 1.807) is 0 Å². The lowest BCUT2D eigenvalue weighted by molar-refractivity contribution is -0.137. The lowest BCUT2D eigenvalue weighted by Gasteiger charge is -2.05. The molecule has 0 atom stereocenters. The highest BCUT2D eigenvalue weighted by Gasteiger charge is 2.02. The topological polar surface area (TPSA) is 69.6 Å². The number of carboxylic acids is 1. The summed E-state index contributed by atoms with van der Waals surface area (Å²) in [6.07, 6.45) is 104. The Morgan fingerprint density at radius 2 is 0.284 bits per heavy atom. The summed E-state index contributed by atoms with van der Waals surface area (Å²) in [6.45, 7) is 2.43. The summed E-state index contributed by atoms with van der Waals surface area (Å²) < 4.78 is 0. The van der Waals surface area contributed by atoms with Crippen LogP contribution >= 0.6 is 0 Å². The van der Waals surface area contributed by atoms with Crippen LogP contribution in [0.5, 0.6) is 0 Å². The highest BCUT2D eigenvalue weighted by molar-refractivity contribution is 5.66. The van der Waals surface area contributed by atoms with Crippen molar-refractivity contribution in [3.05, 3.63) is 0 Å². The first-order valence-corrected chi connectivity index (χ1v) is 38.8. The van der Waals surface area contributed by atoms with E-state index < -0.39 is 5.97 Å². The minimum absolute atomic E-state index is 0.306. The molecule has 4 nitrogen and oxygen atoms in total. The van der Waals surface area contributed by atoms with E-state index in [1.807, 2.05) is 0 Å². The van der Waals surface area contributed by atoms with E-state index in [-0.39, 0.29) is 0 Å². The molecule has 0 heterocycles. The van der Waals surface area contributed by atoms with Crippen LogP contribution in [0, 0.1) is 0 Å². The maximum atomic E-state index is 10.5. The summed E-state index contributed by atoms with van der Waals surface area (Å²) in [7, 11) is 0.